The lowest BCUT2D eigenvalue weighted by molar-refractivity contribution is 0.0997. The molecule has 0 radical (unpaired) electrons. The molecule has 0 atom stereocenters. The Morgan fingerprint density at radius 1 is 1.00 bits per heavy atom. The van der Waals surface area contributed by atoms with Crippen molar-refractivity contribution in [1.82, 2.24) is 0 Å². The van der Waals surface area contributed by atoms with E-state index in [1.807, 2.05) is 6.92 Å². The van der Waals surface area contributed by atoms with Gasteiger partial charge >= 0.3 is 0 Å². The highest BCUT2D eigenvalue weighted by atomic mass is 35.5. The Bertz CT molecular complexity index is 1370. The van der Waals surface area contributed by atoms with E-state index >= 15 is 0 Å². The van der Waals surface area contributed by atoms with Crippen molar-refractivity contribution < 1.29 is 13.2 Å². The number of piperidine rings is 1. The van der Waals surface area contributed by atoms with Gasteiger partial charge in [0.1, 0.15) is 0 Å². The smallest absolute Gasteiger partial charge is 0.262 e. The van der Waals surface area contributed by atoms with Gasteiger partial charge in [0.05, 0.1) is 15.5 Å². The summed E-state index contributed by atoms with van der Waals surface area (Å²) in [4.78, 5) is 16.5. The number of aryl methyl sites for hydroxylation is 3. The maximum Gasteiger partial charge on any atom is 0.262 e. The highest BCUT2D eigenvalue weighted by Gasteiger charge is 2.24. The quantitative estimate of drug-likeness (QED) is 0.339. The molecule has 1 aromatic heterocycles. The first-order valence-electron chi connectivity index (χ1n) is 11.8. The van der Waals surface area contributed by atoms with Crippen LogP contribution in [0.4, 0.5) is 11.4 Å². The molecule has 1 saturated heterocycles. The molecule has 0 saturated carbocycles. The first-order chi connectivity index (χ1) is 16.6. The van der Waals surface area contributed by atoms with E-state index < -0.39 is 10.0 Å². The Kier molecular flexibility index (Phi) is 7.60. The number of Topliss-reactive ketones (excluding diaryl/α,β-unsaturated/α-hetero) is 1. The molecule has 35 heavy (non-hydrogen) atoms. The van der Waals surface area contributed by atoms with Gasteiger partial charge in [0.15, 0.2) is 5.78 Å². The monoisotopic (exact) mass is 530 g/mol. The molecule has 4 rings (SSSR count). The average molecular weight is 531 g/mol. The van der Waals surface area contributed by atoms with Gasteiger partial charge in [-0.05, 0) is 104 Å². The van der Waals surface area contributed by atoms with Crippen molar-refractivity contribution >= 4 is 50.1 Å². The maximum atomic E-state index is 13.5. The van der Waals surface area contributed by atoms with Crippen LogP contribution in [0.3, 0.4) is 0 Å². The van der Waals surface area contributed by atoms with E-state index in [1.165, 1.54) is 47.9 Å². The summed E-state index contributed by atoms with van der Waals surface area (Å²) >= 11 is 7.25. The molecule has 0 bridgehead atoms. The second-order valence-electron chi connectivity index (χ2n) is 9.29. The first kappa shape index (κ1) is 25.7. The molecule has 0 aliphatic carbocycles. The number of hydrogen-bond acceptors (Lipinski definition) is 5. The van der Waals surface area contributed by atoms with Gasteiger partial charge in [-0.15, -0.1) is 11.3 Å². The molecule has 1 N–H and O–H groups in total. The van der Waals surface area contributed by atoms with Gasteiger partial charge in [-0.1, -0.05) is 17.7 Å². The maximum absolute atomic E-state index is 13.5. The minimum atomic E-state index is -3.86. The summed E-state index contributed by atoms with van der Waals surface area (Å²) in [7, 11) is -3.86. The van der Waals surface area contributed by atoms with Crippen LogP contribution in [0, 0.1) is 27.7 Å². The van der Waals surface area contributed by atoms with E-state index in [9.17, 15) is 13.2 Å². The van der Waals surface area contributed by atoms with Crippen LogP contribution in [-0.2, 0) is 16.4 Å². The lowest BCUT2D eigenvalue weighted by Gasteiger charge is -2.33. The summed E-state index contributed by atoms with van der Waals surface area (Å²) in [6.07, 6.45) is 3.87. The Morgan fingerprint density at radius 3 is 2.40 bits per heavy atom. The predicted molar refractivity (Wildman–Crippen MR) is 146 cm³/mol. The number of halogens is 1. The standard InChI is InChI=1S/C27H31ClN2O3S2/c1-17-14-19(3)26(30-11-6-5-7-12-30)20(4)22(17)16-24(31)27-23(10-13-34-27)29-35(32,33)25-9-8-21(28)15-18(25)2/h8-10,13-15,29H,5-7,11-12,16H2,1-4H3. The fraction of sp³-hybridized carbons (Fsp3) is 0.370. The third-order valence-electron chi connectivity index (χ3n) is 6.69. The summed E-state index contributed by atoms with van der Waals surface area (Å²) in [6, 6.07) is 8.45. The molecular formula is C27H31ClN2O3S2. The van der Waals surface area contributed by atoms with E-state index in [1.54, 1.807) is 30.5 Å². The van der Waals surface area contributed by atoms with Crippen molar-refractivity contribution in [3.05, 3.63) is 73.4 Å². The van der Waals surface area contributed by atoms with E-state index in [0.717, 1.165) is 29.8 Å². The number of carbonyl (C=O) groups is 1. The fourth-order valence-electron chi connectivity index (χ4n) is 5.05. The van der Waals surface area contributed by atoms with Crippen molar-refractivity contribution in [1.29, 1.82) is 0 Å². The molecule has 5 nitrogen and oxygen atoms in total. The van der Waals surface area contributed by atoms with Crippen molar-refractivity contribution in [2.45, 2.75) is 58.3 Å². The number of hydrogen-bond donors (Lipinski definition) is 1. The molecule has 2 aromatic carbocycles. The van der Waals surface area contributed by atoms with Gasteiger partial charge in [-0.25, -0.2) is 8.42 Å². The third kappa shape index (κ3) is 5.42. The van der Waals surface area contributed by atoms with Crippen LogP contribution in [0.25, 0.3) is 0 Å². The van der Waals surface area contributed by atoms with Crippen molar-refractivity contribution in [3.63, 3.8) is 0 Å². The van der Waals surface area contributed by atoms with Gasteiger partial charge in [-0.2, -0.15) is 0 Å². The summed E-state index contributed by atoms with van der Waals surface area (Å²) in [5.41, 5.74) is 6.59. The van der Waals surface area contributed by atoms with Crippen LogP contribution in [0.15, 0.2) is 40.6 Å². The van der Waals surface area contributed by atoms with Crippen LogP contribution in [0.5, 0.6) is 0 Å². The lowest BCUT2D eigenvalue weighted by Crippen LogP contribution is -2.31. The second-order valence-corrected chi connectivity index (χ2v) is 12.3. The van der Waals surface area contributed by atoms with Crippen LogP contribution in [0.2, 0.25) is 5.02 Å². The van der Waals surface area contributed by atoms with Gasteiger partial charge in [-0.3, -0.25) is 9.52 Å². The summed E-state index contributed by atoms with van der Waals surface area (Å²) in [5.74, 6) is -0.0924. The number of rotatable bonds is 7. The number of benzene rings is 2. The number of carbonyl (C=O) groups excluding carboxylic acids is 1. The van der Waals surface area contributed by atoms with Gasteiger partial charge < -0.3 is 4.90 Å². The zero-order valence-corrected chi connectivity index (χ0v) is 23.0. The molecule has 2 heterocycles. The van der Waals surface area contributed by atoms with Crippen LogP contribution in [-0.4, -0.2) is 27.3 Å². The Hall–Kier alpha value is -2.35. The van der Waals surface area contributed by atoms with Gasteiger partial charge in [0.2, 0.25) is 0 Å². The molecule has 186 valence electrons. The second kappa shape index (κ2) is 10.3. The summed E-state index contributed by atoms with van der Waals surface area (Å²) in [6.45, 7) is 10.1. The number of nitrogens with one attached hydrogen (secondary N) is 1. The molecule has 0 amide bonds. The molecular weight excluding hydrogens is 500 g/mol. The highest BCUT2D eigenvalue weighted by molar-refractivity contribution is 7.92. The van der Waals surface area contributed by atoms with E-state index in [0.29, 0.717) is 21.2 Å². The number of sulfonamides is 1. The predicted octanol–water partition coefficient (Wildman–Crippen LogP) is 6.85. The minimum absolute atomic E-state index is 0.0924. The normalized spacial score (nSPS) is 14.3. The number of ketones is 1. The Morgan fingerprint density at radius 2 is 1.71 bits per heavy atom. The number of thiophene rings is 1. The molecule has 0 spiro atoms. The van der Waals surface area contributed by atoms with E-state index in [-0.39, 0.29) is 17.1 Å². The fourth-order valence-corrected chi connectivity index (χ4v) is 7.43. The molecule has 1 aliphatic rings. The van der Waals surface area contributed by atoms with Gasteiger partial charge in [0.25, 0.3) is 10.0 Å². The topological polar surface area (TPSA) is 66.5 Å². The van der Waals surface area contributed by atoms with Crippen LogP contribution >= 0.6 is 22.9 Å². The minimum Gasteiger partial charge on any atom is -0.371 e. The van der Waals surface area contributed by atoms with Crippen molar-refractivity contribution in [2.24, 2.45) is 0 Å². The van der Waals surface area contributed by atoms with Crippen molar-refractivity contribution in [3.8, 4) is 0 Å². The molecule has 0 unspecified atom stereocenters. The zero-order valence-electron chi connectivity index (χ0n) is 20.6. The molecule has 1 aliphatic heterocycles. The first-order valence-corrected chi connectivity index (χ1v) is 14.6. The molecule has 1 fully saturated rings. The SMILES string of the molecule is Cc1cc(Cl)ccc1S(=O)(=O)Nc1ccsc1C(=O)Cc1c(C)cc(C)c(N2CCCCC2)c1C. The number of nitrogens with zero attached hydrogens (tertiary/aromatic N) is 1. The van der Waals surface area contributed by atoms with Crippen LogP contribution < -0.4 is 9.62 Å². The van der Waals surface area contributed by atoms with E-state index in [4.69, 9.17) is 11.6 Å². The largest absolute Gasteiger partial charge is 0.371 e. The third-order valence-corrected chi connectivity index (χ3v) is 9.41. The van der Waals surface area contributed by atoms with Gasteiger partial charge in [0, 0.05) is 30.2 Å². The zero-order chi connectivity index (χ0) is 25.3. The van der Waals surface area contributed by atoms with E-state index in [2.05, 4.69) is 29.5 Å². The molecule has 8 heteroatoms. The number of anilines is 2. The Labute approximate surface area is 217 Å². The van der Waals surface area contributed by atoms with Crippen LogP contribution in [0.1, 0.15) is 56.8 Å². The molecule has 3 aromatic rings. The van der Waals surface area contributed by atoms with Crippen molar-refractivity contribution in [2.75, 3.05) is 22.7 Å². The summed E-state index contributed by atoms with van der Waals surface area (Å²) < 4.78 is 28.7. The lowest BCUT2D eigenvalue weighted by atomic mass is 9.92. The average Bonchev–Trinajstić information content (AvgIpc) is 3.24. The highest BCUT2D eigenvalue weighted by Crippen LogP contribution is 2.34. The Balaban J connectivity index is 1.61. The summed E-state index contributed by atoms with van der Waals surface area (Å²) in [5, 5.41) is 2.22.